The number of aromatic carboxylic acids is 2. The molecular formula is C22H14N2O12. The van der Waals surface area contributed by atoms with E-state index in [9.17, 15) is 44.8 Å². The Hall–Kier alpha value is -5.37. The van der Waals surface area contributed by atoms with Crippen LogP contribution in [-0.4, -0.2) is 38.0 Å². The minimum absolute atomic E-state index is 0.0298. The van der Waals surface area contributed by atoms with E-state index in [2.05, 4.69) is 0 Å². The summed E-state index contributed by atoms with van der Waals surface area (Å²) in [5.41, 5.74) is -3.14. The predicted octanol–water partition coefficient (Wildman–Crippen LogP) is 3.63. The molecule has 0 unspecified atom stereocenters. The number of hydrogen-bond acceptors (Lipinski definition) is 10. The van der Waals surface area contributed by atoms with Crippen LogP contribution in [-0.2, 0) is 11.5 Å². The lowest BCUT2D eigenvalue weighted by Gasteiger charge is -2.09. The average Bonchev–Trinajstić information content (AvgIpc) is 2.84. The van der Waals surface area contributed by atoms with Gasteiger partial charge in [-0.25, -0.2) is 14.4 Å². The van der Waals surface area contributed by atoms with Gasteiger partial charge < -0.3 is 19.8 Å². The molecule has 3 aromatic carbocycles. The number of carbonyl (C=O) groups excluding carboxylic acids is 1. The van der Waals surface area contributed by atoms with E-state index in [0.717, 1.165) is 24.3 Å². The van der Waals surface area contributed by atoms with Gasteiger partial charge in [0.25, 0.3) is 11.4 Å². The Morgan fingerprint density at radius 3 is 1.83 bits per heavy atom. The minimum Gasteiger partial charge on any atom is -0.478 e. The Kier molecular flexibility index (Phi) is 7.51. The number of carbonyl (C=O) groups is 3. The maximum absolute atomic E-state index is 12.5. The van der Waals surface area contributed by atoms with Crippen molar-refractivity contribution in [2.24, 2.45) is 0 Å². The second-order valence-electron chi connectivity index (χ2n) is 6.83. The zero-order valence-electron chi connectivity index (χ0n) is 17.9. The Balaban J connectivity index is 1.71. The number of nitro benzene ring substituents is 2. The molecule has 3 aromatic rings. The van der Waals surface area contributed by atoms with Crippen LogP contribution < -0.4 is 9.62 Å². The fourth-order valence-electron chi connectivity index (χ4n) is 3.06. The molecule has 0 bridgehead atoms. The van der Waals surface area contributed by atoms with Crippen LogP contribution in [0.4, 0.5) is 11.4 Å². The standard InChI is InChI=1S/C22H14N2O12/c25-20(26)14-3-1-5-17(23(30)31)16(14)11-34-36-13-9-7-12(8-10-13)35-22(29)19-15(21(27)28)4-2-6-18(19)24(32)33/h1-10H,11H2,(H,25,26)(H,27,28). The van der Waals surface area contributed by atoms with Crippen LogP contribution in [0.1, 0.15) is 36.6 Å². The lowest BCUT2D eigenvalue weighted by molar-refractivity contribution is -0.386. The second kappa shape index (κ2) is 10.7. The van der Waals surface area contributed by atoms with Crippen LogP contribution in [0, 0.1) is 20.2 Å². The van der Waals surface area contributed by atoms with Gasteiger partial charge in [0.2, 0.25) is 0 Å². The molecule has 14 heteroatoms. The van der Waals surface area contributed by atoms with Gasteiger partial charge in [0.05, 0.1) is 26.5 Å². The van der Waals surface area contributed by atoms with Gasteiger partial charge in [0.1, 0.15) is 12.4 Å². The highest BCUT2D eigenvalue weighted by molar-refractivity contribution is 6.06. The van der Waals surface area contributed by atoms with Crippen molar-refractivity contribution in [2.75, 3.05) is 0 Å². The first kappa shape index (κ1) is 25.3. The van der Waals surface area contributed by atoms with Crippen LogP contribution in [0.2, 0.25) is 0 Å². The zero-order valence-corrected chi connectivity index (χ0v) is 17.9. The van der Waals surface area contributed by atoms with E-state index in [0.29, 0.717) is 0 Å². The van der Waals surface area contributed by atoms with E-state index in [1.165, 1.54) is 36.4 Å². The third-order valence-electron chi connectivity index (χ3n) is 4.64. The summed E-state index contributed by atoms with van der Waals surface area (Å²) in [5, 5.41) is 40.9. The molecule has 0 saturated carbocycles. The lowest BCUT2D eigenvalue weighted by atomic mass is 10.1. The highest BCUT2D eigenvalue weighted by Gasteiger charge is 2.29. The Labute approximate surface area is 200 Å². The molecule has 0 radical (unpaired) electrons. The normalized spacial score (nSPS) is 10.3. The van der Waals surface area contributed by atoms with Gasteiger partial charge in [0, 0.05) is 12.1 Å². The van der Waals surface area contributed by atoms with Crippen molar-refractivity contribution in [1.82, 2.24) is 0 Å². The quantitative estimate of drug-likeness (QED) is 0.135. The fourth-order valence-corrected chi connectivity index (χ4v) is 3.06. The summed E-state index contributed by atoms with van der Waals surface area (Å²) in [6.07, 6.45) is 0. The van der Waals surface area contributed by atoms with Crippen molar-refractivity contribution < 1.29 is 49.0 Å². The van der Waals surface area contributed by atoms with Crippen LogP contribution in [0.5, 0.6) is 11.5 Å². The van der Waals surface area contributed by atoms with Gasteiger partial charge >= 0.3 is 17.9 Å². The molecule has 0 spiro atoms. The predicted molar refractivity (Wildman–Crippen MR) is 117 cm³/mol. The number of nitro groups is 2. The monoisotopic (exact) mass is 498 g/mol. The highest BCUT2D eigenvalue weighted by atomic mass is 17.2. The molecule has 0 fully saturated rings. The van der Waals surface area contributed by atoms with Crippen LogP contribution in [0.3, 0.4) is 0 Å². The molecule has 0 heterocycles. The molecule has 0 aliphatic heterocycles. The minimum atomic E-state index is -1.56. The molecule has 0 atom stereocenters. The average molecular weight is 498 g/mol. The van der Waals surface area contributed by atoms with Gasteiger partial charge in [0.15, 0.2) is 11.3 Å². The third kappa shape index (κ3) is 5.57. The molecule has 0 aliphatic rings. The number of esters is 1. The van der Waals surface area contributed by atoms with Crippen LogP contribution in [0.25, 0.3) is 0 Å². The zero-order chi connectivity index (χ0) is 26.4. The number of carboxylic acid groups (broad SMARTS) is 2. The first-order valence-corrected chi connectivity index (χ1v) is 9.72. The maximum atomic E-state index is 12.5. The Bertz CT molecular complexity index is 1300. The van der Waals surface area contributed by atoms with E-state index in [4.69, 9.17) is 14.5 Å². The van der Waals surface area contributed by atoms with Crippen molar-refractivity contribution in [3.63, 3.8) is 0 Å². The van der Waals surface area contributed by atoms with Gasteiger partial charge in [-0.3, -0.25) is 20.2 Å². The summed E-state index contributed by atoms with van der Waals surface area (Å²) >= 11 is 0. The van der Waals surface area contributed by atoms with E-state index < -0.39 is 56.9 Å². The fraction of sp³-hybridized carbons (Fsp3) is 0.0455. The van der Waals surface area contributed by atoms with E-state index in [1.54, 1.807) is 0 Å². The summed E-state index contributed by atoms with van der Waals surface area (Å²) in [5.74, 6) is -4.32. The molecule has 2 N–H and O–H groups in total. The number of ether oxygens (including phenoxy) is 1. The van der Waals surface area contributed by atoms with E-state index in [1.807, 2.05) is 0 Å². The molecule has 0 aromatic heterocycles. The van der Waals surface area contributed by atoms with Gasteiger partial charge in [-0.1, -0.05) is 12.1 Å². The van der Waals surface area contributed by atoms with Crippen molar-refractivity contribution in [2.45, 2.75) is 6.61 Å². The summed E-state index contributed by atoms with van der Waals surface area (Å²) in [4.78, 5) is 65.9. The van der Waals surface area contributed by atoms with Crippen LogP contribution >= 0.6 is 0 Å². The largest absolute Gasteiger partial charge is 0.478 e. The number of hydrogen-bond donors (Lipinski definition) is 2. The van der Waals surface area contributed by atoms with E-state index in [-0.39, 0.29) is 22.6 Å². The highest BCUT2D eigenvalue weighted by Crippen LogP contribution is 2.27. The van der Waals surface area contributed by atoms with Crippen molar-refractivity contribution >= 4 is 29.3 Å². The smallest absolute Gasteiger partial charge is 0.351 e. The molecule has 36 heavy (non-hydrogen) atoms. The molecule has 14 nitrogen and oxygen atoms in total. The van der Waals surface area contributed by atoms with Crippen molar-refractivity contribution in [3.8, 4) is 11.5 Å². The SMILES string of the molecule is O=C(O)c1cccc([N+](=O)[O-])c1COOc1ccc(OC(=O)c2c(C(=O)O)cccc2[N+](=O)[O-])cc1. The molecule has 184 valence electrons. The summed E-state index contributed by atoms with van der Waals surface area (Å²) in [6.45, 7) is -0.578. The van der Waals surface area contributed by atoms with E-state index >= 15 is 0 Å². The Morgan fingerprint density at radius 2 is 1.28 bits per heavy atom. The van der Waals surface area contributed by atoms with Gasteiger partial charge in [-0.2, -0.15) is 4.89 Å². The molecular weight excluding hydrogens is 484 g/mol. The molecule has 0 aliphatic carbocycles. The summed E-state index contributed by atoms with van der Waals surface area (Å²) in [6, 6.07) is 11.5. The molecule has 0 saturated heterocycles. The summed E-state index contributed by atoms with van der Waals surface area (Å²) in [7, 11) is 0. The third-order valence-corrected chi connectivity index (χ3v) is 4.64. The van der Waals surface area contributed by atoms with Crippen molar-refractivity contribution in [3.05, 3.63) is 103 Å². The number of benzene rings is 3. The van der Waals surface area contributed by atoms with Crippen LogP contribution in [0.15, 0.2) is 60.7 Å². The molecule has 0 amide bonds. The first-order valence-electron chi connectivity index (χ1n) is 9.72. The maximum Gasteiger partial charge on any atom is 0.351 e. The topological polar surface area (TPSA) is 206 Å². The number of nitrogens with zero attached hydrogens (tertiary/aromatic N) is 2. The van der Waals surface area contributed by atoms with Crippen molar-refractivity contribution in [1.29, 1.82) is 0 Å². The van der Waals surface area contributed by atoms with Gasteiger partial charge in [-0.05, 0) is 36.4 Å². The second-order valence-corrected chi connectivity index (χ2v) is 6.83. The van der Waals surface area contributed by atoms with Gasteiger partial charge in [-0.15, -0.1) is 0 Å². The Morgan fingerprint density at radius 1 is 0.750 bits per heavy atom. The first-order chi connectivity index (χ1) is 17.1. The number of carboxylic acids is 2. The molecule has 3 rings (SSSR count). The number of rotatable bonds is 10. The summed E-state index contributed by atoms with van der Waals surface area (Å²) < 4.78 is 5.05. The lowest BCUT2D eigenvalue weighted by Crippen LogP contribution is -2.16.